The standard InChI is InChI=1S/C15H13Br2NO2/c1-2-20-14-6-3-9(7-13(14)17)15(19)11-8-10(18)4-5-12(11)16/h3-8H,2,18H2,1H3. The van der Waals surface area contributed by atoms with Crippen molar-refractivity contribution < 1.29 is 9.53 Å². The summed E-state index contributed by atoms with van der Waals surface area (Å²) >= 11 is 6.78. The molecule has 0 heterocycles. The lowest BCUT2D eigenvalue weighted by Crippen LogP contribution is -2.04. The first-order chi connectivity index (χ1) is 9.52. The van der Waals surface area contributed by atoms with E-state index in [2.05, 4.69) is 31.9 Å². The van der Waals surface area contributed by atoms with Crippen molar-refractivity contribution in [3.05, 3.63) is 56.5 Å². The first-order valence-corrected chi connectivity index (χ1v) is 7.63. The van der Waals surface area contributed by atoms with Crippen molar-refractivity contribution in [1.82, 2.24) is 0 Å². The summed E-state index contributed by atoms with van der Waals surface area (Å²) in [6, 6.07) is 10.5. The summed E-state index contributed by atoms with van der Waals surface area (Å²) in [6.45, 7) is 2.49. The molecule has 0 aliphatic rings. The molecule has 0 fully saturated rings. The van der Waals surface area contributed by atoms with Gasteiger partial charge in [-0.25, -0.2) is 0 Å². The van der Waals surface area contributed by atoms with Gasteiger partial charge in [0.1, 0.15) is 5.75 Å². The quantitative estimate of drug-likeness (QED) is 0.612. The Kier molecular flexibility index (Phi) is 4.83. The number of hydrogen-bond donors (Lipinski definition) is 1. The summed E-state index contributed by atoms with van der Waals surface area (Å²) < 4.78 is 6.91. The van der Waals surface area contributed by atoms with E-state index in [1.807, 2.05) is 6.92 Å². The molecule has 0 radical (unpaired) electrons. The summed E-state index contributed by atoms with van der Waals surface area (Å²) in [4.78, 5) is 12.5. The number of carbonyl (C=O) groups is 1. The Balaban J connectivity index is 2.38. The van der Waals surface area contributed by atoms with Crippen LogP contribution in [-0.4, -0.2) is 12.4 Å². The maximum absolute atomic E-state index is 12.5. The molecule has 0 amide bonds. The lowest BCUT2D eigenvalue weighted by molar-refractivity contribution is 0.103. The topological polar surface area (TPSA) is 52.3 Å². The van der Waals surface area contributed by atoms with Crippen molar-refractivity contribution >= 4 is 43.3 Å². The van der Waals surface area contributed by atoms with Gasteiger partial charge in [-0.2, -0.15) is 0 Å². The van der Waals surface area contributed by atoms with Crippen LogP contribution < -0.4 is 10.5 Å². The highest BCUT2D eigenvalue weighted by molar-refractivity contribution is 9.10. The number of halogens is 2. The van der Waals surface area contributed by atoms with Gasteiger partial charge in [0.2, 0.25) is 0 Å². The normalized spacial score (nSPS) is 10.3. The highest BCUT2D eigenvalue weighted by Crippen LogP contribution is 2.29. The molecule has 2 aromatic carbocycles. The maximum Gasteiger partial charge on any atom is 0.194 e. The Morgan fingerprint density at radius 2 is 1.90 bits per heavy atom. The van der Waals surface area contributed by atoms with Crippen LogP contribution in [0.1, 0.15) is 22.8 Å². The van der Waals surface area contributed by atoms with Crippen LogP contribution in [0.2, 0.25) is 0 Å². The third kappa shape index (κ3) is 3.22. The van der Waals surface area contributed by atoms with Crippen LogP contribution in [0, 0.1) is 0 Å². The van der Waals surface area contributed by atoms with Crippen LogP contribution in [0.5, 0.6) is 5.75 Å². The van der Waals surface area contributed by atoms with Crippen molar-refractivity contribution in [1.29, 1.82) is 0 Å². The number of nitrogen functional groups attached to an aromatic ring is 1. The first kappa shape index (κ1) is 15.1. The highest BCUT2D eigenvalue weighted by atomic mass is 79.9. The highest BCUT2D eigenvalue weighted by Gasteiger charge is 2.14. The van der Waals surface area contributed by atoms with Gasteiger partial charge in [0.15, 0.2) is 5.78 Å². The monoisotopic (exact) mass is 397 g/mol. The predicted octanol–water partition coefficient (Wildman–Crippen LogP) is 4.42. The summed E-state index contributed by atoms with van der Waals surface area (Å²) in [7, 11) is 0. The molecule has 2 rings (SSSR count). The van der Waals surface area contributed by atoms with Gasteiger partial charge in [0, 0.05) is 21.3 Å². The molecule has 0 bridgehead atoms. The SMILES string of the molecule is CCOc1ccc(C(=O)c2cc(N)ccc2Br)cc1Br. The van der Waals surface area contributed by atoms with E-state index in [-0.39, 0.29) is 5.78 Å². The average molecular weight is 399 g/mol. The van der Waals surface area contributed by atoms with Gasteiger partial charge in [0.25, 0.3) is 0 Å². The fraction of sp³-hybridized carbons (Fsp3) is 0.133. The molecule has 5 heteroatoms. The van der Waals surface area contributed by atoms with Crippen LogP contribution in [0.4, 0.5) is 5.69 Å². The third-order valence-electron chi connectivity index (χ3n) is 2.73. The van der Waals surface area contributed by atoms with E-state index >= 15 is 0 Å². The lowest BCUT2D eigenvalue weighted by atomic mass is 10.0. The molecule has 2 N–H and O–H groups in total. The van der Waals surface area contributed by atoms with Crippen LogP contribution in [0.25, 0.3) is 0 Å². The Bertz CT molecular complexity index is 656. The number of carbonyl (C=O) groups excluding carboxylic acids is 1. The summed E-state index contributed by atoms with van der Waals surface area (Å²) in [6.07, 6.45) is 0. The van der Waals surface area contributed by atoms with E-state index in [9.17, 15) is 4.79 Å². The summed E-state index contributed by atoms with van der Waals surface area (Å²) in [5.41, 5.74) is 7.41. The molecule has 0 saturated heterocycles. The van der Waals surface area contributed by atoms with Gasteiger partial charge >= 0.3 is 0 Å². The van der Waals surface area contributed by atoms with Crippen molar-refractivity contribution in [3.63, 3.8) is 0 Å². The summed E-state index contributed by atoms with van der Waals surface area (Å²) in [5, 5.41) is 0. The average Bonchev–Trinajstić information content (AvgIpc) is 2.43. The van der Waals surface area contributed by atoms with E-state index in [0.717, 1.165) is 14.7 Å². The molecule has 0 atom stereocenters. The molecule has 0 aliphatic heterocycles. The van der Waals surface area contributed by atoms with Crippen molar-refractivity contribution in [3.8, 4) is 5.75 Å². The maximum atomic E-state index is 12.5. The Morgan fingerprint density at radius 3 is 2.55 bits per heavy atom. The van der Waals surface area contributed by atoms with E-state index < -0.39 is 0 Å². The van der Waals surface area contributed by atoms with Crippen LogP contribution in [0.3, 0.4) is 0 Å². The van der Waals surface area contributed by atoms with Gasteiger partial charge in [-0.3, -0.25) is 4.79 Å². The van der Waals surface area contributed by atoms with Crippen LogP contribution in [-0.2, 0) is 0 Å². The molecule has 0 aliphatic carbocycles. The second-order valence-corrected chi connectivity index (χ2v) is 5.86. The van der Waals surface area contributed by atoms with Crippen molar-refractivity contribution in [2.45, 2.75) is 6.92 Å². The Labute approximate surface area is 134 Å². The zero-order valence-electron chi connectivity index (χ0n) is 10.8. The van der Waals surface area contributed by atoms with Gasteiger partial charge in [0.05, 0.1) is 11.1 Å². The van der Waals surface area contributed by atoms with E-state index in [1.54, 1.807) is 36.4 Å². The number of rotatable bonds is 4. The molecule has 0 unspecified atom stereocenters. The van der Waals surface area contributed by atoms with Crippen LogP contribution >= 0.6 is 31.9 Å². The first-order valence-electron chi connectivity index (χ1n) is 6.05. The molecule has 104 valence electrons. The van der Waals surface area contributed by atoms with Crippen molar-refractivity contribution in [2.24, 2.45) is 0 Å². The minimum absolute atomic E-state index is 0.0899. The summed E-state index contributed by atoms with van der Waals surface area (Å²) in [5.74, 6) is 0.628. The Morgan fingerprint density at radius 1 is 1.15 bits per heavy atom. The molecule has 0 saturated carbocycles. The van der Waals surface area contributed by atoms with E-state index in [4.69, 9.17) is 10.5 Å². The predicted molar refractivity (Wildman–Crippen MR) is 87.3 cm³/mol. The number of ether oxygens (including phenoxy) is 1. The second-order valence-electron chi connectivity index (χ2n) is 4.15. The van der Waals surface area contributed by atoms with Crippen LogP contribution in [0.15, 0.2) is 45.3 Å². The fourth-order valence-electron chi connectivity index (χ4n) is 1.79. The third-order valence-corrected chi connectivity index (χ3v) is 4.04. The number of ketones is 1. The minimum atomic E-state index is -0.0899. The number of anilines is 1. The zero-order valence-corrected chi connectivity index (χ0v) is 14.0. The molecule has 0 aromatic heterocycles. The Hall–Kier alpha value is -1.33. The molecular weight excluding hydrogens is 386 g/mol. The van der Waals surface area contributed by atoms with Gasteiger partial charge in [-0.15, -0.1) is 0 Å². The molecule has 0 spiro atoms. The molecule has 20 heavy (non-hydrogen) atoms. The number of benzene rings is 2. The van der Waals surface area contributed by atoms with Gasteiger partial charge in [-0.05, 0) is 59.3 Å². The smallest absolute Gasteiger partial charge is 0.194 e. The van der Waals surface area contributed by atoms with Crippen molar-refractivity contribution in [2.75, 3.05) is 12.3 Å². The number of nitrogens with two attached hydrogens (primary N) is 1. The lowest BCUT2D eigenvalue weighted by Gasteiger charge is -2.09. The second kappa shape index (κ2) is 6.41. The van der Waals surface area contributed by atoms with Gasteiger partial charge in [-0.1, -0.05) is 15.9 Å². The van der Waals surface area contributed by atoms with E-state index in [0.29, 0.717) is 23.4 Å². The largest absolute Gasteiger partial charge is 0.493 e. The molecule has 3 nitrogen and oxygen atoms in total. The minimum Gasteiger partial charge on any atom is -0.493 e. The number of hydrogen-bond acceptors (Lipinski definition) is 3. The zero-order chi connectivity index (χ0) is 14.7. The fourth-order valence-corrected chi connectivity index (χ4v) is 2.71. The van der Waals surface area contributed by atoms with Gasteiger partial charge < -0.3 is 10.5 Å². The van der Waals surface area contributed by atoms with E-state index in [1.165, 1.54) is 0 Å². The molecular formula is C15H13Br2NO2. The molecule has 2 aromatic rings.